The van der Waals surface area contributed by atoms with Gasteiger partial charge in [0.2, 0.25) is 0 Å². The number of likely N-dealkylation sites (N-methyl/N-ethyl adjacent to an activating group) is 1. The zero-order chi connectivity index (χ0) is 18.5. The number of carbonyl (C=O) groups excluding carboxylic acids is 2. The van der Waals surface area contributed by atoms with Gasteiger partial charge in [-0.15, -0.1) is 0 Å². The predicted octanol–water partition coefficient (Wildman–Crippen LogP) is 5.32. The third kappa shape index (κ3) is 8.55. The fraction of sp³-hybridized carbons (Fsp3) is 0.810. The van der Waals surface area contributed by atoms with Crippen LogP contribution in [0.4, 0.5) is 0 Å². The van der Waals surface area contributed by atoms with Gasteiger partial charge >= 0.3 is 0 Å². The summed E-state index contributed by atoms with van der Waals surface area (Å²) >= 11 is 0. The van der Waals surface area contributed by atoms with Crippen LogP contribution < -0.4 is 0 Å². The van der Waals surface area contributed by atoms with Crippen molar-refractivity contribution in [2.45, 2.75) is 96.8 Å². The lowest BCUT2D eigenvalue weighted by atomic mass is 10.0. The second-order valence-electron chi connectivity index (χ2n) is 7.40. The largest absolute Gasteiger partial charge is 0.511 e. The topological polar surface area (TPSA) is 57.6 Å². The average molecular weight is 352 g/mol. The Balaban J connectivity index is 1.97. The van der Waals surface area contributed by atoms with Crippen molar-refractivity contribution in [2.24, 2.45) is 0 Å². The number of allylic oxidation sites excluding steroid dienone is 1. The van der Waals surface area contributed by atoms with E-state index in [1.807, 2.05) is 0 Å². The number of ketones is 1. The first kappa shape index (κ1) is 21.7. The number of hydrogen-bond donors (Lipinski definition) is 1. The summed E-state index contributed by atoms with van der Waals surface area (Å²) in [6.45, 7) is 2.35. The lowest BCUT2D eigenvalue weighted by molar-refractivity contribution is -0.123. The number of rotatable bonds is 14. The Morgan fingerprint density at radius 1 is 0.840 bits per heavy atom. The molecule has 144 valence electrons. The van der Waals surface area contributed by atoms with Crippen molar-refractivity contribution < 1.29 is 14.7 Å². The molecule has 1 rings (SSSR count). The van der Waals surface area contributed by atoms with Gasteiger partial charge in [0.25, 0.3) is 5.91 Å². The number of aliphatic hydroxyl groups excluding tert-OH is 1. The molecule has 4 nitrogen and oxygen atoms in total. The molecule has 0 unspecified atom stereocenters. The van der Waals surface area contributed by atoms with Gasteiger partial charge < -0.3 is 10.0 Å². The Labute approximate surface area is 153 Å². The monoisotopic (exact) mass is 351 g/mol. The number of amides is 1. The molecule has 0 aromatic carbocycles. The van der Waals surface area contributed by atoms with E-state index in [-0.39, 0.29) is 29.6 Å². The molecule has 25 heavy (non-hydrogen) atoms. The van der Waals surface area contributed by atoms with Crippen LogP contribution in [-0.4, -0.2) is 35.3 Å². The summed E-state index contributed by atoms with van der Waals surface area (Å²) in [5.41, 5.74) is 0.0152. The lowest BCUT2D eigenvalue weighted by Gasteiger charge is -2.05. The molecule has 0 aromatic rings. The molecule has 1 fully saturated rings. The molecule has 0 spiro atoms. The van der Waals surface area contributed by atoms with Crippen molar-refractivity contribution in [1.82, 2.24) is 4.90 Å². The van der Waals surface area contributed by atoms with E-state index in [1.54, 1.807) is 7.05 Å². The molecule has 1 aliphatic rings. The van der Waals surface area contributed by atoms with Gasteiger partial charge in [-0.2, -0.15) is 0 Å². The van der Waals surface area contributed by atoms with Gasteiger partial charge in [-0.3, -0.25) is 9.59 Å². The average Bonchev–Trinajstić information content (AvgIpc) is 2.84. The number of likely N-dealkylation sites (tertiary alicyclic amines) is 1. The molecule has 1 heterocycles. The van der Waals surface area contributed by atoms with Crippen LogP contribution in [0.25, 0.3) is 0 Å². The van der Waals surface area contributed by atoms with Crippen LogP contribution in [0.15, 0.2) is 11.3 Å². The maximum Gasteiger partial charge on any atom is 0.261 e. The molecule has 0 atom stereocenters. The summed E-state index contributed by atoms with van der Waals surface area (Å²) in [6, 6.07) is 0. The fourth-order valence-corrected chi connectivity index (χ4v) is 3.40. The molecule has 1 N–H and O–H groups in total. The SMILES string of the molecule is CCCCCCCCCCCCCCC/C(O)=C1\C(=O)CN(C)C1=O. The molecule has 0 aromatic heterocycles. The minimum absolute atomic E-state index is 0.0116. The molecule has 0 saturated carbocycles. The first-order valence-corrected chi connectivity index (χ1v) is 10.3. The van der Waals surface area contributed by atoms with E-state index >= 15 is 0 Å². The van der Waals surface area contributed by atoms with Crippen molar-refractivity contribution in [1.29, 1.82) is 0 Å². The molecular weight excluding hydrogens is 314 g/mol. The number of unbranched alkanes of at least 4 members (excludes halogenated alkanes) is 12. The predicted molar refractivity (Wildman–Crippen MR) is 103 cm³/mol. The molecule has 1 aliphatic heterocycles. The summed E-state index contributed by atoms with van der Waals surface area (Å²) in [5, 5.41) is 10.00. The molecule has 1 amide bonds. The number of hydrogen-bond acceptors (Lipinski definition) is 3. The normalized spacial score (nSPS) is 16.8. The van der Waals surface area contributed by atoms with E-state index < -0.39 is 0 Å². The maximum absolute atomic E-state index is 11.8. The van der Waals surface area contributed by atoms with Crippen molar-refractivity contribution in [3.8, 4) is 0 Å². The summed E-state index contributed by atoms with van der Waals surface area (Å²) in [4.78, 5) is 24.8. The molecule has 4 heteroatoms. The summed E-state index contributed by atoms with van der Waals surface area (Å²) in [6.07, 6.45) is 17.0. The van der Waals surface area contributed by atoms with E-state index in [2.05, 4.69) is 6.92 Å². The van der Waals surface area contributed by atoms with Gasteiger partial charge in [0, 0.05) is 13.5 Å². The van der Waals surface area contributed by atoms with Crippen LogP contribution in [-0.2, 0) is 9.59 Å². The molecule has 1 saturated heterocycles. The van der Waals surface area contributed by atoms with Crippen LogP contribution in [0.3, 0.4) is 0 Å². The highest BCUT2D eigenvalue weighted by Gasteiger charge is 2.33. The van der Waals surface area contributed by atoms with Gasteiger partial charge in [0.05, 0.1) is 6.54 Å². The Morgan fingerprint density at radius 3 is 1.68 bits per heavy atom. The summed E-state index contributed by atoms with van der Waals surface area (Å²) < 4.78 is 0. The van der Waals surface area contributed by atoms with Crippen molar-refractivity contribution >= 4 is 11.7 Å². The van der Waals surface area contributed by atoms with Gasteiger partial charge in [0.1, 0.15) is 11.3 Å². The van der Waals surface area contributed by atoms with E-state index in [9.17, 15) is 14.7 Å². The van der Waals surface area contributed by atoms with Crippen LogP contribution in [0.5, 0.6) is 0 Å². The molecule has 0 aliphatic carbocycles. The standard InChI is InChI=1S/C21H37NO3/c1-3-4-5-6-7-8-9-10-11-12-13-14-15-16-18(23)20-19(24)17-22(2)21(20)25/h23H,3-17H2,1-2H3/b20-18-. The minimum atomic E-state index is -0.336. The van der Waals surface area contributed by atoms with Crippen LogP contribution >= 0.6 is 0 Å². The molecular formula is C21H37NO3. The first-order valence-electron chi connectivity index (χ1n) is 10.3. The second kappa shape index (κ2) is 13.0. The van der Waals surface area contributed by atoms with E-state index in [1.165, 1.54) is 75.5 Å². The van der Waals surface area contributed by atoms with Crippen molar-refractivity contribution in [2.75, 3.05) is 13.6 Å². The number of carbonyl (C=O) groups is 2. The van der Waals surface area contributed by atoms with Gasteiger partial charge in [-0.05, 0) is 6.42 Å². The number of nitrogens with zero attached hydrogens (tertiary/aromatic N) is 1. The van der Waals surface area contributed by atoms with Crippen LogP contribution in [0.1, 0.15) is 96.8 Å². The molecule has 0 radical (unpaired) electrons. The number of aliphatic hydroxyl groups is 1. The first-order chi connectivity index (χ1) is 12.1. The maximum atomic E-state index is 11.8. The van der Waals surface area contributed by atoms with Crippen molar-refractivity contribution in [3.63, 3.8) is 0 Å². The summed E-state index contributed by atoms with van der Waals surface area (Å²) in [5.74, 6) is -0.598. The minimum Gasteiger partial charge on any atom is -0.511 e. The zero-order valence-corrected chi connectivity index (χ0v) is 16.3. The Morgan fingerprint density at radius 2 is 1.28 bits per heavy atom. The van der Waals surface area contributed by atoms with Crippen LogP contribution in [0.2, 0.25) is 0 Å². The fourth-order valence-electron chi connectivity index (χ4n) is 3.40. The smallest absolute Gasteiger partial charge is 0.261 e. The number of Topliss-reactive ketones (excluding diaryl/α,β-unsaturated/α-hetero) is 1. The Kier molecular flexibility index (Phi) is 11.3. The quantitative estimate of drug-likeness (QED) is 0.199. The Bertz CT molecular complexity index is 442. The third-order valence-corrected chi connectivity index (χ3v) is 5.03. The van der Waals surface area contributed by atoms with Crippen LogP contribution in [0, 0.1) is 0 Å². The lowest BCUT2D eigenvalue weighted by Crippen LogP contribution is -2.19. The highest BCUT2D eigenvalue weighted by Crippen LogP contribution is 2.20. The van der Waals surface area contributed by atoms with Crippen molar-refractivity contribution in [3.05, 3.63) is 11.3 Å². The van der Waals surface area contributed by atoms with E-state index in [0.29, 0.717) is 6.42 Å². The van der Waals surface area contributed by atoms with Gasteiger partial charge in [-0.1, -0.05) is 84.0 Å². The third-order valence-electron chi connectivity index (χ3n) is 5.03. The zero-order valence-electron chi connectivity index (χ0n) is 16.3. The van der Waals surface area contributed by atoms with E-state index in [4.69, 9.17) is 0 Å². The highest BCUT2D eigenvalue weighted by molar-refractivity contribution is 6.25. The Hall–Kier alpha value is -1.32. The second-order valence-corrected chi connectivity index (χ2v) is 7.40. The summed E-state index contributed by atoms with van der Waals surface area (Å²) in [7, 11) is 1.59. The highest BCUT2D eigenvalue weighted by atomic mass is 16.3. The van der Waals surface area contributed by atoms with Gasteiger partial charge in [-0.25, -0.2) is 0 Å². The van der Waals surface area contributed by atoms with E-state index in [0.717, 1.165) is 12.8 Å². The molecule has 0 bridgehead atoms. The van der Waals surface area contributed by atoms with Gasteiger partial charge in [0.15, 0.2) is 5.78 Å².